The Morgan fingerprint density at radius 3 is 2.09 bits per heavy atom. The number of nitrogens with one attached hydrogen (secondary N) is 1. The number of amides is 2. The first kappa shape index (κ1) is 33.6. The highest BCUT2D eigenvalue weighted by atomic mass is 35.5. The molecule has 4 aromatic carbocycles. The van der Waals surface area contributed by atoms with Crippen LogP contribution in [-0.4, -0.2) is 51.4 Å². The number of ether oxygens (including phenoxy) is 1. The Bertz CT molecular complexity index is 1670. The lowest BCUT2D eigenvalue weighted by molar-refractivity contribution is -0.140. The molecule has 0 aromatic heterocycles. The molecule has 0 unspecified atom stereocenters. The fraction of sp³-hybridized carbons (Fsp3) is 0.257. The lowest BCUT2D eigenvalue weighted by Gasteiger charge is -2.34. The summed E-state index contributed by atoms with van der Waals surface area (Å²) in [6.45, 7) is 3.90. The lowest BCUT2D eigenvalue weighted by Crippen LogP contribution is -2.53. The van der Waals surface area contributed by atoms with Crippen molar-refractivity contribution < 1.29 is 22.7 Å². The topological polar surface area (TPSA) is 96.0 Å². The van der Waals surface area contributed by atoms with E-state index in [2.05, 4.69) is 5.32 Å². The smallest absolute Gasteiger partial charge is 0.264 e. The summed E-state index contributed by atoms with van der Waals surface area (Å²) in [6, 6.07) is 29.9. The van der Waals surface area contributed by atoms with Gasteiger partial charge in [0.15, 0.2) is 0 Å². The molecule has 10 heteroatoms. The molecular formula is C35H38ClN3O5S. The van der Waals surface area contributed by atoms with Gasteiger partial charge >= 0.3 is 0 Å². The van der Waals surface area contributed by atoms with E-state index in [9.17, 15) is 18.0 Å². The summed E-state index contributed by atoms with van der Waals surface area (Å²) < 4.78 is 34.5. The zero-order valence-corrected chi connectivity index (χ0v) is 27.2. The normalized spacial score (nSPS) is 11.9. The Morgan fingerprint density at radius 2 is 1.47 bits per heavy atom. The van der Waals surface area contributed by atoms with E-state index in [4.69, 9.17) is 16.3 Å². The van der Waals surface area contributed by atoms with E-state index < -0.39 is 28.5 Å². The first-order valence-corrected chi connectivity index (χ1v) is 16.5. The third kappa shape index (κ3) is 9.09. The van der Waals surface area contributed by atoms with Gasteiger partial charge < -0.3 is 15.0 Å². The molecular weight excluding hydrogens is 610 g/mol. The minimum absolute atomic E-state index is 0.0302. The van der Waals surface area contributed by atoms with Crippen LogP contribution in [0.4, 0.5) is 5.69 Å². The third-order valence-corrected chi connectivity index (χ3v) is 9.21. The molecule has 236 valence electrons. The van der Waals surface area contributed by atoms with Crippen LogP contribution in [0.1, 0.15) is 25.0 Å². The highest BCUT2D eigenvalue weighted by Crippen LogP contribution is 2.26. The van der Waals surface area contributed by atoms with Gasteiger partial charge in [-0.2, -0.15) is 0 Å². The molecule has 1 atom stereocenters. The number of hydrogen-bond acceptors (Lipinski definition) is 5. The van der Waals surface area contributed by atoms with Crippen LogP contribution in [0.3, 0.4) is 0 Å². The van der Waals surface area contributed by atoms with E-state index in [1.54, 1.807) is 61.7 Å². The molecule has 4 rings (SSSR count). The molecule has 4 aromatic rings. The van der Waals surface area contributed by atoms with Crippen molar-refractivity contribution >= 4 is 39.1 Å². The van der Waals surface area contributed by atoms with Gasteiger partial charge in [0.05, 0.1) is 17.7 Å². The molecule has 0 saturated heterocycles. The van der Waals surface area contributed by atoms with Gasteiger partial charge in [-0.25, -0.2) is 8.42 Å². The Morgan fingerprint density at radius 1 is 0.844 bits per heavy atom. The fourth-order valence-electron chi connectivity index (χ4n) is 4.80. The number of rotatable bonds is 14. The zero-order chi connectivity index (χ0) is 32.4. The van der Waals surface area contributed by atoms with Gasteiger partial charge in [0.2, 0.25) is 11.8 Å². The van der Waals surface area contributed by atoms with E-state index in [0.29, 0.717) is 17.3 Å². The van der Waals surface area contributed by atoms with E-state index in [1.165, 1.54) is 17.0 Å². The Labute approximate surface area is 270 Å². The molecule has 1 N–H and O–H groups in total. The van der Waals surface area contributed by atoms with Crippen molar-refractivity contribution in [2.24, 2.45) is 5.92 Å². The van der Waals surface area contributed by atoms with Gasteiger partial charge in [0, 0.05) is 24.5 Å². The van der Waals surface area contributed by atoms with Gasteiger partial charge in [-0.05, 0) is 65.6 Å². The summed E-state index contributed by atoms with van der Waals surface area (Å²) in [6.07, 6.45) is 0.229. The Kier molecular flexibility index (Phi) is 11.6. The minimum atomic E-state index is -4.18. The maximum Gasteiger partial charge on any atom is 0.264 e. The zero-order valence-electron chi connectivity index (χ0n) is 25.6. The number of sulfonamides is 1. The summed E-state index contributed by atoms with van der Waals surface area (Å²) >= 11 is 6.13. The molecule has 0 spiro atoms. The molecule has 0 heterocycles. The first-order chi connectivity index (χ1) is 21.6. The number of halogens is 1. The van der Waals surface area contributed by atoms with E-state index in [0.717, 1.165) is 15.4 Å². The Hall–Kier alpha value is -4.34. The van der Waals surface area contributed by atoms with Gasteiger partial charge in [-0.1, -0.05) is 86.1 Å². The van der Waals surface area contributed by atoms with E-state index >= 15 is 0 Å². The summed E-state index contributed by atoms with van der Waals surface area (Å²) in [4.78, 5) is 29.8. The highest BCUT2D eigenvalue weighted by Gasteiger charge is 2.34. The molecule has 0 aliphatic heterocycles. The average Bonchev–Trinajstić information content (AvgIpc) is 3.05. The van der Waals surface area contributed by atoms with Crippen LogP contribution in [0.5, 0.6) is 5.75 Å². The summed E-state index contributed by atoms with van der Waals surface area (Å²) in [5.41, 5.74) is 1.85. The standard InChI is InChI=1S/C35H38ClN3O5S/c1-26(2)23-37-35(41)33(22-27-11-6-4-7-12-27)38(24-28-13-10-14-31(21-28)44-3)34(40)25-39(30-19-17-29(36)18-20-30)45(42,43)32-15-8-5-9-16-32/h4-21,26,33H,22-25H2,1-3H3,(H,37,41)/t33-/m0/s1. The lowest BCUT2D eigenvalue weighted by atomic mass is 10.0. The Balaban J connectivity index is 1.80. The first-order valence-electron chi connectivity index (χ1n) is 14.7. The second-order valence-electron chi connectivity index (χ2n) is 11.0. The van der Waals surface area contributed by atoms with Crippen LogP contribution in [0.25, 0.3) is 0 Å². The summed E-state index contributed by atoms with van der Waals surface area (Å²) in [7, 11) is -2.63. The number of benzene rings is 4. The monoisotopic (exact) mass is 647 g/mol. The van der Waals surface area contributed by atoms with Crippen LogP contribution in [0.2, 0.25) is 5.02 Å². The van der Waals surface area contributed by atoms with Crippen molar-refractivity contribution in [3.05, 3.63) is 125 Å². The van der Waals surface area contributed by atoms with Crippen LogP contribution in [0, 0.1) is 5.92 Å². The van der Waals surface area contributed by atoms with Crippen molar-refractivity contribution in [2.45, 2.75) is 37.8 Å². The summed E-state index contributed by atoms with van der Waals surface area (Å²) in [5, 5.41) is 3.41. The number of anilines is 1. The van der Waals surface area contributed by atoms with E-state index in [-0.39, 0.29) is 35.4 Å². The average molecular weight is 648 g/mol. The van der Waals surface area contributed by atoms with Crippen LogP contribution in [-0.2, 0) is 32.6 Å². The van der Waals surface area contributed by atoms with Gasteiger partial charge in [0.1, 0.15) is 18.3 Å². The van der Waals surface area contributed by atoms with E-state index in [1.807, 2.05) is 56.3 Å². The quantitative estimate of drug-likeness (QED) is 0.182. The van der Waals surface area contributed by atoms with Crippen molar-refractivity contribution in [1.29, 1.82) is 0 Å². The number of hydrogen-bond donors (Lipinski definition) is 1. The SMILES string of the molecule is COc1cccc(CN(C(=O)CN(c2ccc(Cl)cc2)S(=O)(=O)c2ccccc2)[C@@H](Cc2ccccc2)C(=O)NCC(C)C)c1. The maximum absolute atomic E-state index is 14.5. The number of carbonyl (C=O) groups is 2. The predicted octanol–water partition coefficient (Wildman–Crippen LogP) is 5.96. The number of nitrogens with zero attached hydrogens (tertiary/aromatic N) is 2. The van der Waals surface area contributed by atoms with Crippen LogP contribution in [0.15, 0.2) is 114 Å². The second-order valence-corrected chi connectivity index (χ2v) is 13.3. The molecule has 0 saturated carbocycles. The molecule has 0 aliphatic rings. The second kappa shape index (κ2) is 15.6. The molecule has 0 fully saturated rings. The molecule has 2 amide bonds. The predicted molar refractivity (Wildman–Crippen MR) is 178 cm³/mol. The molecule has 45 heavy (non-hydrogen) atoms. The molecule has 0 radical (unpaired) electrons. The van der Waals surface area contributed by atoms with Gasteiger partial charge in [0.25, 0.3) is 10.0 Å². The van der Waals surface area contributed by atoms with Crippen LogP contribution < -0.4 is 14.4 Å². The fourth-order valence-corrected chi connectivity index (χ4v) is 6.36. The number of methoxy groups -OCH3 is 1. The third-order valence-electron chi connectivity index (χ3n) is 7.17. The van der Waals surface area contributed by atoms with Crippen molar-refractivity contribution in [3.8, 4) is 5.75 Å². The molecule has 8 nitrogen and oxygen atoms in total. The highest BCUT2D eigenvalue weighted by molar-refractivity contribution is 7.92. The summed E-state index contributed by atoms with van der Waals surface area (Å²) in [5.74, 6) is -0.0934. The minimum Gasteiger partial charge on any atom is -0.497 e. The largest absolute Gasteiger partial charge is 0.497 e. The molecule has 0 aliphatic carbocycles. The van der Waals surface area contributed by atoms with Gasteiger partial charge in [-0.15, -0.1) is 0 Å². The van der Waals surface area contributed by atoms with Gasteiger partial charge in [-0.3, -0.25) is 13.9 Å². The molecule has 0 bridgehead atoms. The van der Waals surface area contributed by atoms with Crippen molar-refractivity contribution in [3.63, 3.8) is 0 Å². The van der Waals surface area contributed by atoms with Crippen LogP contribution >= 0.6 is 11.6 Å². The van der Waals surface area contributed by atoms with Crippen molar-refractivity contribution in [1.82, 2.24) is 10.2 Å². The maximum atomic E-state index is 14.5. The number of carbonyl (C=O) groups excluding carboxylic acids is 2. The van der Waals surface area contributed by atoms with Crippen molar-refractivity contribution in [2.75, 3.05) is 24.5 Å².